The van der Waals surface area contributed by atoms with Gasteiger partial charge in [0.15, 0.2) is 0 Å². The highest BCUT2D eigenvalue weighted by molar-refractivity contribution is 9.10. The van der Waals surface area contributed by atoms with Crippen molar-refractivity contribution in [3.63, 3.8) is 0 Å². The van der Waals surface area contributed by atoms with Crippen molar-refractivity contribution in [2.75, 3.05) is 23.8 Å². The zero-order valence-corrected chi connectivity index (χ0v) is 16.1. The third kappa shape index (κ3) is 3.66. The van der Waals surface area contributed by atoms with Gasteiger partial charge in [-0.3, -0.25) is 9.78 Å². The van der Waals surface area contributed by atoms with Crippen molar-refractivity contribution in [2.24, 2.45) is 0 Å². The Morgan fingerprint density at radius 3 is 2.52 bits per heavy atom. The predicted molar refractivity (Wildman–Crippen MR) is 107 cm³/mol. The first kappa shape index (κ1) is 17.4. The zero-order valence-electron chi connectivity index (χ0n) is 14.5. The summed E-state index contributed by atoms with van der Waals surface area (Å²) < 4.78 is 0.945. The monoisotopic (exact) mass is 397 g/mol. The maximum Gasteiger partial charge on any atom is 0.243 e. The quantitative estimate of drug-likeness (QED) is 0.694. The van der Waals surface area contributed by atoms with Gasteiger partial charge in [0.2, 0.25) is 5.91 Å². The number of fused-ring (bicyclic) bond motifs is 1. The van der Waals surface area contributed by atoms with Gasteiger partial charge in [0.25, 0.3) is 0 Å². The maximum atomic E-state index is 12.5. The number of rotatable bonds is 4. The number of carbonyl (C=O) groups is 1. The van der Waals surface area contributed by atoms with Crippen molar-refractivity contribution in [1.29, 1.82) is 0 Å². The van der Waals surface area contributed by atoms with Crippen molar-refractivity contribution in [3.8, 4) is 0 Å². The molecule has 0 unspecified atom stereocenters. The Kier molecular flexibility index (Phi) is 5.04. The molecule has 2 aromatic carbocycles. The van der Waals surface area contributed by atoms with Crippen molar-refractivity contribution >= 4 is 44.1 Å². The number of benzene rings is 2. The van der Waals surface area contributed by atoms with Crippen LogP contribution >= 0.6 is 15.9 Å². The van der Waals surface area contributed by atoms with Gasteiger partial charge in [-0.2, -0.15) is 0 Å². The molecule has 0 atom stereocenters. The standard InChI is InChI=1S/C20H20BrN3O/c1-13-6-4-7-14(2)19(13)23-18(25)12-24(3)17-10-11-22-20-15(17)8-5-9-16(20)21/h4-11H,12H2,1-3H3,(H,23,25). The molecule has 0 aliphatic heterocycles. The van der Waals surface area contributed by atoms with Gasteiger partial charge in [-0.15, -0.1) is 0 Å². The number of amides is 1. The third-order valence-electron chi connectivity index (χ3n) is 4.24. The molecular weight excluding hydrogens is 378 g/mol. The Bertz CT molecular complexity index is 919. The summed E-state index contributed by atoms with van der Waals surface area (Å²) in [5, 5.41) is 4.05. The molecule has 0 saturated heterocycles. The first-order valence-electron chi connectivity index (χ1n) is 8.08. The molecule has 3 rings (SSSR count). The number of hydrogen-bond donors (Lipinski definition) is 1. The van der Waals surface area contributed by atoms with E-state index in [0.717, 1.165) is 37.9 Å². The van der Waals surface area contributed by atoms with Gasteiger partial charge in [-0.05, 0) is 53.0 Å². The second kappa shape index (κ2) is 7.23. The van der Waals surface area contributed by atoms with Crippen molar-refractivity contribution in [1.82, 2.24) is 4.98 Å². The minimum Gasteiger partial charge on any atom is -0.365 e. The van der Waals surface area contributed by atoms with Crippen LogP contribution in [0.5, 0.6) is 0 Å². The number of likely N-dealkylation sites (N-methyl/N-ethyl adjacent to an activating group) is 1. The van der Waals surface area contributed by atoms with Crippen LogP contribution in [0.1, 0.15) is 11.1 Å². The normalized spacial score (nSPS) is 10.7. The second-order valence-corrected chi connectivity index (χ2v) is 6.99. The van der Waals surface area contributed by atoms with E-state index in [-0.39, 0.29) is 12.5 Å². The first-order chi connectivity index (χ1) is 12.0. The Balaban J connectivity index is 1.82. The third-order valence-corrected chi connectivity index (χ3v) is 4.88. The van der Waals surface area contributed by atoms with E-state index in [1.807, 2.05) is 68.3 Å². The molecule has 0 fully saturated rings. The summed E-state index contributed by atoms with van der Waals surface area (Å²) in [6.45, 7) is 4.26. The lowest BCUT2D eigenvalue weighted by Gasteiger charge is -2.21. The van der Waals surface area contributed by atoms with Crippen molar-refractivity contribution < 1.29 is 4.79 Å². The lowest BCUT2D eigenvalue weighted by Crippen LogP contribution is -2.30. The smallest absolute Gasteiger partial charge is 0.243 e. The molecule has 1 N–H and O–H groups in total. The van der Waals surface area contributed by atoms with Crippen molar-refractivity contribution in [2.45, 2.75) is 13.8 Å². The lowest BCUT2D eigenvalue weighted by molar-refractivity contribution is -0.114. The van der Waals surface area contributed by atoms with E-state index in [2.05, 4.69) is 26.2 Å². The lowest BCUT2D eigenvalue weighted by atomic mass is 10.1. The van der Waals surface area contributed by atoms with E-state index in [9.17, 15) is 4.79 Å². The number of carbonyl (C=O) groups excluding carboxylic acids is 1. The van der Waals surface area contributed by atoms with Gasteiger partial charge < -0.3 is 10.2 Å². The molecule has 5 heteroatoms. The molecule has 0 aliphatic carbocycles. The van der Waals surface area contributed by atoms with E-state index in [1.165, 1.54) is 0 Å². The average molecular weight is 398 g/mol. The highest BCUT2D eigenvalue weighted by atomic mass is 79.9. The number of halogens is 1. The predicted octanol–water partition coefficient (Wildman–Crippen LogP) is 4.69. The molecule has 0 aliphatic rings. The molecule has 0 saturated carbocycles. The molecular formula is C20H20BrN3O. The number of para-hydroxylation sites is 2. The zero-order chi connectivity index (χ0) is 18.0. The number of nitrogens with zero attached hydrogens (tertiary/aromatic N) is 2. The van der Waals surface area contributed by atoms with Gasteiger partial charge in [-0.25, -0.2) is 0 Å². The van der Waals surface area contributed by atoms with Gasteiger partial charge in [0.05, 0.1) is 12.1 Å². The van der Waals surface area contributed by atoms with Gasteiger partial charge in [0.1, 0.15) is 0 Å². The van der Waals surface area contributed by atoms with Crippen molar-refractivity contribution in [3.05, 3.63) is 64.3 Å². The van der Waals surface area contributed by atoms with Crippen LogP contribution in [0.3, 0.4) is 0 Å². The van der Waals surface area contributed by atoms with Crippen LogP contribution in [-0.4, -0.2) is 24.5 Å². The summed E-state index contributed by atoms with van der Waals surface area (Å²) in [5.74, 6) is -0.0418. The summed E-state index contributed by atoms with van der Waals surface area (Å²) in [6, 6.07) is 13.9. The van der Waals surface area contributed by atoms with E-state index in [1.54, 1.807) is 6.20 Å². The molecule has 0 bridgehead atoms. The number of aromatic nitrogens is 1. The summed E-state index contributed by atoms with van der Waals surface area (Å²) in [7, 11) is 1.92. The molecule has 3 aromatic rings. The highest BCUT2D eigenvalue weighted by Crippen LogP contribution is 2.29. The van der Waals surface area contributed by atoms with Crippen LogP contribution in [0.15, 0.2) is 53.1 Å². The summed E-state index contributed by atoms with van der Waals surface area (Å²) in [5.41, 5.74) is 4.89. The minimum absolute atomic E-state index is 0.0418. The summed E-state index contributed by atoms with van der Waals surface area (Å²) in [6.07, 6.45) is 1.77. The minimum atomic E-state index is -0.0418. The van der Waals surface area contributed by atoms with Crippen LogP contribution in [-0.2, 0) is 4.79 Å². The molecule has 4 nitrogen and oxygen atoms in total. The van der Waals surface area contributed by atoms with Crippen LogP contribution in [0.25, 0.3) is 10.9 Å². The maximum absolute atomic E-state index is 12.5. The Morgan fingerprint density at radius 2 is 1.80 bits per heavy atom. The fourth-order valence-electron chi connectivity index (χ4n) is 2.95. The van der Waals surface area contributed by atoms with Gasteiger partial charge in [-0.1, -0.05) is 30.3 Å². The summed E-state index contributed by atoms with van der Waals surface area (Å²) in [4.78, 5) is 18.9. The van der Waals surface area contributed by atoms with Crippen LogP contribution in [0.2, 0.25) is 0 Å². The summed E-state index contributed by atoms with van der Waals surface area (Å²) >= 11 is 3.53. The number of anilines is 2. The molecule has 1 amide bonds. The number of aryl methyl sites for hydroxylation is 2. The SMILES string of the molecule is Cc1cccc(C)c1NC(=O)CN(C)c1ccnc2c(Br)cccc12. The van der Waals surface area contributed by atoms with Gasteiger partial charge in [0, 0.05) is 34.5 Å². The highest BCUT2D eigenvalue weighted by Gasteiger charge is 2.13. The number of pyridine rings is 1. The van der Waals surface area contributed by atoms with Crippen LogP contribution < -0.4 is 10.2 Å². The molecule has 25 heavy (non-hydrogen) atoms. The van der Waals surface area contributed by atoms with E-state index in [0.29, 0.717) is 0 Å². The van der Waals surface area contributed by atoms with E-state index in [4.69, 9.17) is 0 Å². The molecule has 1 aromatic heterocycles. The molecule has 0 spiro atoms. The fraction of sp³-hybridized carbons (Fsp3) is 0.200. The van der Waals surface area contributed by atoms with Crippen LogP contribution in [0.4, 0.5) is 11.4 Å². The van der Waals surface area contributed by atoms with Crippen LogP contribution in [0, 0.1) is 13.8 Å². The topological polar surface area (TPSA) is 45.2 Å². The Morgan fingerprint density at radius 1 is 1.12 bits per heavy atom. The Hall–Kier alpha value is -2.40. The Labute approximate surface area is 156 Å². The fourth-order valence-corrected chi connectivity index (χ4v) is 3.42. The average Bonchev–Trinajstić information content (AvgIpc) is 2.58. The molecule has 1 heterocycles. The molecule has 128 valence electrons. The largest absolute Gasteiger partial charge is 0.365 e. The van der Waals surface area contributed by atoms with E-state index >= 15 is 0 Å². The number of hydrogen-bond acceptors (Lipinski definition) is 3. The van der Waals surface area contributed by atoms with Gasteiger partial charge >= 0.3 is 0 Å². The first-order valence-corrected chi connectivity index (χ1v) is 8.87. The number of nitrogens with one attached hydrogen (secondary N) is 1. The molecule has 0 radical (unpaired) electrons. The second-order valence-electron chi connectivity index (χ2n) is 6.14. The van der Waals surface area contributed by atoms with E-state index < -0.39 is 0 Å².